The molecule has 2 rings (SSSR count). The van der Waals surface area contributed by atoms with E-state index in [9.17, 15) is 9.59 Å². The Morgan fingerprint density at radius 2 is 1.52 bits per heavy atom. The Labute approximate surface area is 122 Å². The van der Waals surface area contributed by atoms with E-state index in [1.54, 1.807) is 36.4 Å². The van der Waals surface area contributed by atoms with Crippen LogP contribution in [0.5, 0.6) is 5.75 Å². The van der Waals surface area contributed by atoms with Crippen molar-refractivity contribution in [3.63, 3.8) is 0 Å². The topological polar surface area (TPSA) is 63.6 Å². The van der Waals surface area contributed by atoms with Gasteiger partial charge in [0.2, 0.25) is 0 Å². The Morgan fingerprint density at radius 3 is 2.00 bits per heavy atom. The van der Waals surface area contributed by atoms with Crippen molar-refractivity contribution >= 4 is 11.9 Å². The number of hydrogen-bond acceptors (Lipinski definition) is 3. The minimum absolute atomic E-state index is 0.165. The summed E-state index contributed by atoms with van der Waals surface area (Å²) in [6.45, 7) is 3.47. The van der Waals surface area contributed by atoms with Gasteiger partial charge in [-0.2, -0.15) is 0 Å². The second-order valence-electron chi connectivity index (χ2n) is 4.37. The highest BCUT2D eigenvalue weighted by Crippen LogP contribution is 2.23. The molecule has 106 valence electrons. The van der Waals surface area contributed by atoms with E-state index in [-0.39, 0.29) is 18.0 Å². The summed E-state index contributed by atoms with van der Waals surface area (Å²) in [5.74, 6) is -0.845. The quantitative estimate of drug-likeness (QED) is 0.517. The number of aromatic carboxylic acids is 1. The molecule has 0 radical (unpaired) electrons. The fourth-order valence-corrected chi connectivity index (χ4v) is 1.81. The Bertz CT molecular complexity index is 654. The third-order valence-electron chi connectivity index (χ3n) is 2.86. The normalized spacial score (nSPS) is 9.90. The van der Waals surface area contributed by atoms with Crippen LogP contribution in [0.25, 0.3) is 11.1 Å². The predicted molar refractivity (Wildman–Crippen MR) is 79.3 cm³/mol. The minimum atomic E-state index is -0.953. The number of ether oxygens (including phenoxy) is 1. The van der Waals surface area contributed by atoms with Crippen LogP contribution in [0.15, 0.2) is 61.2 Å². The van der Waals surface area contributed by atoms with Crippen molar-refractivity contribution in [1.82, 2.24) is 0 Å². The third-order valence-corrected chi connectivity index (χ3v) is 2.86. The minimum Gasteiger partial charge on any atom is -0.478 e. The van der Waals surface area contributed by atoms with Crippen molar-refractivity contribution in [2.45, 2.75) is 6.42 Å². The summed E-state index contributed by atoms with van der Waals surface area (Å²) < 4.78 is 5.11. The summed E-state index contributed by atoms with van der Waals surface area (Å²) in [5, 5.41) is 8.85. The van der Waals surface area contributed by atoms with E-state index in [0.29, 0.717) is 5.75 Å². The molecule has 4 heteroatoms. The van der Waals surface area contributed by atoms with Gasteiger partial charge < -0.3 is 9.84 Å². The summed E-state index contributed by atoms with van der Waals surface area (Å²) in [4.78, 5) is 22.1. The number of esters is 1. The van der Waals surface area contributed by atoms with Crippen molar-refractivity contribution in [3.8, 4) is 16.9 Å². The highest BCUT2D eigenvalue weighted by atomic mass is 16.5. The van der Waals surface area contributed by atoms with Gasteiger partial charge in [-0.15, -0.1) is 6.58 Å². The van der Waals surface area contributed by atoms with Gasteiger partial charge in [-0.05, 0) is 35.4 Å². The molecule has 0 aliphatic carbocycles. The molecule has 0 bridgehead atoms. The predicted octanol–water partition coefficient (Wildman–Crippen LogP) is 3.53. The molecule has 0 fully saturated rings. The number of carboxylic acids is 1. The van der Waals surface area contributed by atoms with Crippen molar-refractivity contribution in [2.75, 3.05) is 0 Å². The summed E-state index contributed by atoms with van der Waals surface area (Å²) in [5.41, 5.74) is 2.05. The molecule has 0 unspecified atom stereocenters. The zero-order valence-corrected chi connectivity index (χ0v) is 11.3. The van der Waals surface area contributed by atoms with E-state index in [2.05, 4.69) is 6.58 Å². The highest BCUT2D eigenvalue weighted by Gasteiger charge is 2.05. The SMILES string of the molecule is C=CCC(=O)Oc1ccc(-c2ccc(C(=O)O)cc2)cc1. The summed E-state index contributed by atoms with van der Waals surface area (Å²) in [6, 6.07) is 13.6. The Morgan fingerprint density at radius 1 is 1.00 bits per heavy atom. The first kappa shape index (κ1) is 14.5. The highest BCUT2D eigenvalue weighted by molar-refractivity contribution is 5.88. The second-order valence-corrected chi connectivity index (χ2v) is 4.37. The van der Waals surface area contributed by atoms with Crippen LogP contribution in [0.3, 0.4) is 0 Å². The molecule has 0 atom stereocenters. The van der Waals surface area contributed by atoms with Crippen LogP contribution in [-0.4, -0.2) is 17.0 Å². The molecule has 0 amide bonds. The molecule has 0 aliphatic rings. The van der Waals surface area contributed by atoms with Crippen molar-refractivity contribution in [1.29, 1.82) is 0 Å². The maximum absolute atomic E-state index is 11.3. The van der Waals surface area contributed by atoms with Crippen LogP contribution in [0.1, 0.15) is 16.8 Å². The Balaban J connectivity index is 2.13. The second kappa shape index (κ2) is 6.52. The van der Waals surface area contributed by atoms with Crippen molar-refractivity contribution in [3.05, 3.63) is 66.7 Å². The number of hydrogen-bond donors (Lipinski definition) is 1. The number of carbonyl (C=O) groups excluding carboxylic acids is 1. The van der Waals surface area contributed by atoms with Gasteiger partial charge >= 0.3 is 11.9 Å². The molecule has 0 saturated heterocycles. The monoisotopic (exact) mass is 282 g/mol. The van der Waals surface area contributed by atoms with Crippen molar-refractivity contribution in [2.24, 2.45) is 0 Å². The molecule has 0 saturated carbocycles. The molecular weight excluding hydrogens is 268 g/mol. The van der Waals surface area contributed by atoms with E-state index in [1.165, 1.54) is 6.08 Å². The van der Waals surface area contributed by atoms with Crippen LogP contribution in [0, 0.1) is 0 Å². The van der Waals surface area contributed by atoms with E-state index >= 15 is 0 Å². The number of benzene rings is 2. The lowest BCUT2D eigenvalue weighted by Crippen LogP contribution is -2.05. The number of rotatable bonds is 5. The standard InChI is InChI=1S/C17H14O4/c1-2-3-16(18)21-15-10-8-13(9-11-15)12-4-6-14(7-5-12)17(19)20/h2,4-11H,1,3H2,(H,19,20). The van der Waals surface area contributed by atoms with Gasteiger partial charge in [0.05, 0.1) is 12.0 Å². The summed E-state index contributed by atoms with van der Waals surface area (Å²) >= 11 is 0. The van der Waals surface area contributed by atoms with E-state index in [0.717, 1.165) is 11.1 Å². The van der Waals surface area contributed by atoms with E-state index in [4.69, 9.17) is 9.84 Å². The van der Waals surface area contributed by atoms with Crippen molar-refractivity contribution < 1.29 is 19.4 Å². The fraction of sp³-hybridized carbons (Fsp3) is 0.0588. The maximum atomic E-state index is 11.3. The molecule has 0 aromatic heterocycles. The van der Waals surface area contributed by atoms with Crippen LogP contribution in [0.4, 0.5) is 0 Å². The zero-order valence-electron chi connectivity index (χ0n) is 11.3. The fourth-order valence-electron chi connectivity index (χ4n) is 1.81. The number of carbonyl (C=O) groups is 2. The molecule has 2 aromatic rings. The van der Waals surface area contributed by atoms with Gasteiger partial charge in [-0.3, -0.25) is 4.79 Å². The molecular formula is C17H14O4. The molecule has 21 heavy (non-hydrogen) atoms. The molecule has 4 nitrogen and oxygen atoms in total. The van der Waals surface area contributed by atoms with Gasteiger partial charge in [0.25, 0.3) is 0 Å². The smallest absolute Gasteiger partial charge is 0.335 e. The van der Waals surface area contributed by atoms with Gasteiger partial charge in [0, 0.05) is 0 Å². The molecule has 1 N–H and O–H groups in total. The van der Waals surface area contributed by atoms with Gasteiger partial charge in [-0.25, -0.2) is 4.79 Å². The molecule has 0 heterocycles. The lowest BCUT2D eigenvalue weighted by atomic mass is 10.0. The average molecular weight is 282 g/mol. The van der Waals surface area contributed by atoms with Crippen LogP contribution in [-0.2, 0) is 4.79 Å². The first-order valence-corrected chi connectivity index (χ1v) is 6.35. The zero-order chi connectivity index (χ0) is 15.2. The lowest BCUT2D eigenvalue weighted by Gasteiger charge is -2.05. The lowest BCUT2D eigenvalue weighted by molar-refractivity contribution is -0.133. The van der Waals surface area contributed by atoms with Crippen LogP contribution >= 0.6 is 0 Å². The summed E-state index contributed by atoms with van der Waals surface area (Å²) in [7, 11) is 0. The van der Waals surface area contributed by atoms with Crippen LogP contribution in [0.2, 0.25) is 0 Å². The Hall–Kier alpha value is -2.88. The molecule has 0 spiro atoms. The van der Waals surface area contributed by atoms with Gasteiger partial charge in [-0.1, -0.05) is 30.3 Å². The largest absolute Gasteiger partial charge is 0.478 e. The summed E-state index contributed by atoms with van der Waals surface area (Å²) in [6.07, 6.45) is 1.65. The maximum Gasteiger partial charge on any atom is 0.335 e. The molecule has 0 aliphatic heterocycles. The van der Waals surface area contributed by atoms with Crippen LogP contribution < -0.4 is 4.74 Å². The first-order valence-electron chi connectivity index (χ1n) is 6.35. The van der Waals surface area contributed by atoms with Gasteiger partial charge in [0.15, 0.2) is 0 Å². The van der Waals surface area contributed by atoms with E-state index in [1.807, 2.05) is 12.1 Å². The number of carboxylic acid groups (broad SMARTS) is 1. The Kier molecular flexibility index (Phi) is 4.51. The first-order chi connectivity index (χ1) is 10.1. The van der Waals surface area contributed by atoms with Gasteiger partial charge in [0.1, 0.15) is 5.75 Å². The average Bonchev–Trinajstić information content (AvgIpc) is 2.48. The van der Waals surface area contributed by atoms with E-state index < -0.39 is 5.97 Å². The molecule has 2 aromatic carbocycles. The third kappa shape index (κ3) is 3.79.